The van der Waals surface area contributed by atoms with E-state index in [1.54, 1.807) is 14.2 Å². The van der Waals surface area contributed by atoms with Gasteiger partial charge in [-0.25, -0.2) is 0 Å². The minimum Gasteiger partial charge on any atom is -0.497 e. The highest BCUT2D eigenvalue weighted by Crippen LogP contribution is 2.42. The molecular weight excluding hydrogens is 458 g/mol. The molecule has 2 atom stereocenters. The van der Waals surface area contributed by atoms with Crippen LogP contribution in [-0.2, 0) is 11.4 Å². The molecule has 7 nitrogen and oxygen atoms in total. The predicted molar refractivity (Wildman–Crippen MR) is 137 cm³/mol. The highest BCUT2D eigenvalue weighted by molar-refractivity contribution is 5.74. The Kier molecular flexibility index (Phi) is 8.33. The molecule has 1 aliphatic rings. The van der Waals surface area contributed by atoms with E-state index in [1.807, 2.05) is 78.6 Å². The second-order valence-electron chi connectivity index (χ2n) is 8.66. The summed E-state index contributed by atoms with van der Waals surface area (Å²) in [7, 11) is 3.22. The number of nitrogens with zero attached hydrogens (tertiary/aromatic N) is 1. The molecule has 3 aromatic carbocycles. The third-order valence-corrected chi connectivity index (χ3v) is 6.47. The van der Waals surface area contributed by atoms with Gasteiger partial charge in [-0.15, -0.1) is 0 Å². The van der Waals surface area contributed by atoms with Gasteiger partial charge in [0.1, 0.15) is 24.1 Å². The molecule has 0 spiro atoms. The van der Waals surface area contributed by atoms with Crippen LogP contribution in [0.5, 0.6) is 23.0 Å². The van der Waals surface area contributed by atoms with Gasteiger partial charge in [0.25, 0.3) is 0 Å². The van der Waals surface area contributed by atoms with E-state index in [2.05, 4.69) is 0 Å². The van der Waals surface area contributed by atoms with Crippen molar-refractivity contribution in [2.75, 3.05) is 27.4 Å². The molecule has 3 aromatic rings. The van der Waals surface area contributed by atoms with E-state index < -0.39 is 12.0 Å². The number of carbonyl (C=O) groups is 1. The van der Waals surface area contributed by atoms with Gasteiger partial charge in [-0.3, -0.25) is 9.69 Å². The Hall–Kier alpha value is -3.71. The summed E-state index contributed by atoms with van der Waals surface area (Å²) >= 11 is 0. The number of hydrogen-bond acceptors (Lipinski definition) is 6. The largest absolute Gasteiger partial charge is 0.497 e. The van der Waals surface area contributed by atoms with Gasteiger partial charge >= 0.3 is 5.97 Å². The monoisotopic (exact) mass is 491 g/mol. The maximum Gasteiger partial charge on any atom is 0.320 e. The van der Waals surface area contributed by atoms with Crippen molar-refractivity contribution < 1.29 is 28.8 Å². The van der Waals surface area contributed by atoms with Crippen molar-refractivity contribution in [1.82, 2.24) is 4.90 Å². The lowest BCUT2D eigenvalue weighted by Crippen LogP contribution is -2.39. The van der Waals surface area contributed by atoms with Crippen molar-refractivity contribution in [1.29, 1.82) is 0 Å². The van der Waals surface area contributed by atoms with E-state index in [0.29, 0.717) is 49.2 Å². The third kappa shape index (κ3) is 5.57. The topological polar surface area (TPSA) is 77.5 Å². The van der Waals surface area contributed by atoms with Crippen LogP contribution < -0.4 is 18.9 Å². The number of likely N-dealkylation sites (tertiary alicyclic amines) is 1. The molecule has 2 unspecified atom stereocenters. The summed E-state index contributed by atoms with van der Waals surface area (Å²) in [5, 5.41) is 9.96. The van der Waals surface area contributed by atoms with Crippen molar-refractivity contribution in [3.8, 4) is 23.0 Å². The Bertz CT molecular complexity index is 1170. The highest BCUT2D eigenvalue weighted by atomic mass is 16.5. The lowest BCUT2D eigenvalue weighted by Gasteiger charge is -2.33. The predicted octanol–water partition coefficient (Wildman–Crippen LogP) is 5.32. The highest BCUT2D eigenvalue weighted by Gasteiger charge is 2.38. The van der Waals surface area contributed by atoms with E-state index in [9.17, 15) is 9.90 Å². The third-order valence-electron chi connectivity index (χ3n) is 6.47. The van der Waals surface area contributed by atoms with Gasteiger partial charge in [0.05, 0.1) is 26.9 Å². The zero-order valence-corrected chi connectivity index (χ0v) is 21.0. The molecule has 0 radical (unpaired) electrons. The summed E-state index contributed by atoms with van der Waals surface area (Å²) < 4.78 is 23.2. The number of methoxy groups -OCH3 is 2. The number of aliphatic carboxylic acids is 1. The minimum atomic E-state index is -0.821. The van der Waals surface area contributed by atoms with Crippen LogP contribution in [0.1, 0.15) is 42.5 Å². The Labute approximate surface area is 212 Å². The smallest absolute Gasteiger partial charge is 0.320 e. The molecule has 0 amide bonds. The van der Waals surface area contributed by atoms with Crippen LogP contribution in [0.2, 0.25) is 0 Å². The van der Waals surface area contributed by atoms with Crippen molar-refractivity contribution >= 4 is 5.97 Å². The second-order valence-corrected chi connectivity index (χ2v) is 8.66. The molecule has 0 aliphatic carbocycles. The molecule has 4 rings (SSSR count). The van der Waals surface area contributed by atoms with Crippen LogP contribution >= 0.6 is 0 Å². The first-order chi connectivity index (χ1) is 17.5. The summed E-state index contributed by atoms with van der Waals surface area (Å²) in [6.45, 7) is 3.48. The zero-order valence-electron chi connectivity index (χ0n) is 21.0. The summed E-state index contributed by atoms with van der Waals surface area (Å²) in [6, 6.07) is 20.5. The fourth-order valence-electron chi connectivity index (χ4n) is 4.77. The van der Waals surface area contributed by atoms with Crippen molar-refractivity contribution in [3.05, 3.63) is 83.4 Å². The van der Waals surface area contributed by atoms with E-state index in [1.165, 1.54) is 0 Å². The van der Waals surface area contributed by atoms with Crippen molar-refractivity contribution in [2.24, 2.45) is 0 Å². The first-order valence-electron chi connectivity index (χ1n) is 12.2. The van der Waals surface area contributed by atoms with Gasteiger partial charge in [0.2, 0.25) is 0 Å². The summed E-state index contributed by atoms with van der Waals surface area (Å²) in [5.41, 5.74) is 2.83. The van der Waals surface area contributed by atoms with Crippen LogP contribution in [0.4, 0.5) is 0 Å². The van der Waals surface area contributed by atoms with Crippen LogP contribution in [0.15, 0.2) is 66.7 Å². The maximum atomic E-state index is 12.1. The molecule has 7 heteroatoms. The molecule has 36 heavy (non-hydrogen) atoms. The van der Waals surface area contributed by atoms with E-state index in [0.717, 1.165) is 23.1 Å². The fraction of sp³-hybridized carbons (Fsp3) is 0.345. The second kappa shape index (κ2) is 11.8. The van der Waals surface area contributed by atoms with Gasteiger partial charge in [0.15, 0.2) is 11.5 Å². The number of benzene rings is 3. The molecule has 1 saturated heterocycles. The quantitative estimate of drug-likeness (QED) is 0.389. The molecule has 0 saturated carbocycles. The molecule has 0 bridgehead atoms. The fourth-order valence-corrected chi connectivity index (χ4v) is 4.77. The Morgan fingerprint density at radius 2 is 1.78 bits per heavy atom. The average Bonchev–Trinajstić information content (AvgIpc) is 3.39. The first kappa shape index (κ1) is 25.4. The van der Waals surface area contributed by atoms with Crippen LogP contribution in [-0.4, -0.2) is 49.4 Å². The van der Waals surface area contributed by atoms with E-state index in [4.69, 9.17) is 18.9 Å². The molecule has 1 fully saturated rings. The van der Waals surface area contributed by atoms with E-state index in [-0.39, 0.29) is 6.04 Å². The molecule has 190 valence electrons. The Morgan fingerprint density at radius 1 is 0.972 bits per heavy atom. The normalized spacial score (nSPS) is 16.4. The molecule has 1 N–H and O–H groups in total. The van der Waals surface area contributed by atoms with Gasteiger partial charge in [-0.1, -0.05) is 36.4 Å². The average molecular weight is 492 g/mol. The zero-order chi connectivity index (χ0) is 25.5. The summed E-state index contributed by atoms with van der Waals surface area (Å²) in [6.07, 6.45) is 1.41. The van der Waals surface area contributed by atoms with Gasteiger partial charge in [-0.2, -0.15) is 0 Å². The lowest BCUT2D eigenvalue weighted by atomic mass is 9.94. The van der Waals surface area contributed by atoms with Crippen molar-refractivity contribution in [3.63, 3.8) is 0 Å². The minimum absolute atomic E-state index is 0.350. The first-order valence-corrected chi connectivity index (χ1v) is 12.2. The molecule has 0 aromatic heterocycles. The standard InChI is InChI=1S/C29H33NO6/c1-4-35-27-17-21(12-15-25(27)36-19-20-9-6-5-7-10-20)28(30-16-8-11-24(30)29(31)32)23-14-13-22(33-2)18-26(23)34-3/h5-7,9-10,12-15,17-18,24,28H,4,8,11,16,19H2,1-3H3,(H,31,32). The molecule has 1 aliphatic heterocycles. The Morgan fingerprint density at radius 3 is 2.47 bits per heavy atom. The van der Waals surface area contributed by atoms with E-state index >= 15 is 0 Å². The summed E-state index contributed by atoms with van der Waals surface area (Å²) in [5.74, 6) is 1.75. The molecular formula is C29H33NO6. The van der Waals surface area contributed by atoms with Crippen LogP contribution in [0, 0.1) is 0 Å². The number of carboxylic acid groups (broad SMARTS) is 1. The number of carboxylic acids is 1. The number of rotatable bonds is 11. The Balaban J connectivity index is 1.75. The van der Waals surface area contributed by atoms with Crippen molar-refractivity contribution in [2.45, 2.75) is 38.5 Å². The SMILES string of the molecule is CCOc1cc(C(c2ccc(OC)cc2OC)N2CCCC2C(=O)O)ccc1OCc1ccccc1. The maximum absolute atomic E-state index is 12.1. The number of ether oxygens (including phenoxy) is 4. The van der Waals surface area contributed by atoms with Crippen LogP contribution in [0.3, 0.4) is 0 Å². The van der Waals surface area contributed by atoms with Gasteiger partial charge in [-0.05, 0) is 55.2 Å². The van der Waals surface area contributed by atoms with Gasteiger partial charge in [0, 0.05) is 18.2 Å². The summed E-state index contributed by atoms with van der Waals surface area (Å²) in [4.78, 5) is 14.2. The molecule has 1 heterocycles. The lowest BCUT2D eigenvalue weighted by molar-refractivity contribution is -0.142. The van der Waals surface area contributed by atoms with Crippen LogP contribution in [0.25, 0.3) is 0 Å². The van der Waals surface area contributed by atoms with Gasteiger partial charge < -0.3 is 24.1 Å². The number of hydrogen-bond donors (Lipinski definition) is 1.